The van der Waals surface area contributed by atoms with E-state index in [1.807, 2.05) is 12.3 Å². The highest BCUT2D eigenvalue weighted by Gasteiger charge is 2.16. The highest BCUT2D eigenvalue weighted by Crippen LogP contribution is 2.18. The summed E-state index contributed by atoms with van der Waals surface area (Å²) in [6, 6.07) is 3.13. The summed E-state index contributed by atoms with van der Waals surface area (Å²) >= 11 is 1.46. The summed E-state index contributed by atoms with van der Waals surface area (Å²) in [5.41, 5.74) is 0.647. The van der Waals surface area contributed by atoms with Gasteiger partial charge in [0.1, 0.15) is 0 Å². The van der Waals surface area contributed by atoms with E-state index in [2.05, 4.69) is 15.6 Å². The van der Waals surface area contributed by atoms with Crippen LogP contribution in [0.4, 0.5) is 15.9 Å². The molecule has 2 N–H and O–H groups in total. The van der Waals surface area contributed by atoms with Crippen molar-refractivity contribution in [2.75, 3.05) is 17.2 Å². The van der Waals surface area contributed by atoms with Crippen LogP contribution in [0, 0.1) is 5.82 Å². The zero-order valence-corrected chi connectivity index (χ0v) is 11.3. The SMILES string of the molecule is CCCNc1nccc(C(=O)Nc2ccsc2)c1F. The van der Waals surface area contributed by atoms with Crippen LogP contribution in [0.25, 0.3) is 0 Å². The molecule has 2 aromatic rings. The number of amides is 1. The van der Waals surface area contributed by atoms with E-state index in [1.165, 1.54) is 23.6 Å². The van der Waals surface area contributed by atoms with E-state index in [-0.39, 0.29) is 11.4 Å². The van der Waals surface area contributed by atoms with Gasteiger partial charge in [-0.15, -0.1) is 0 Å². The Labute approximate surface area is 114 Å². The van der Waals surface area contributed by atoms with Gasteiger partial charge in [-0.1, -0.05) is 6.92 Å². The van der Waals surface area contributed by atoms with E-state index >= 15 is 0 Å². The molecule has 0 radical (unpaired) electrons. The van der Waals surface area contributed by atoms with E-state index in [9.17, 15) is 9.18 Å². The Morgan fingerprint density at radius 1 is 1.47 bits per heavy atom. The van der Waals surface area contributed by atoms with E-state index in [1.54, 1.807) is 11.4 Å². The second-order valence-electron chi connectivity index (χ2n) is 3.91. The minimum Gasteiger partial charge on any atom is -0.368 e. The molecule has 2 aromatic heterocycles. The first-order valence-corrected chi connectivity index (χ1v) is 6.88. The smallest absolute Gasteiger partial charge is 0.258 e. The predicted molar refractivity (Wildman–Crippen MR) is 75.2 cm³/mol. The Morgan fingerprint density at radius 2 is 2.32 bits per heavy atom. The number of halogens is 1. The molecule has 2 rings (SSSR count). The van der Waals surface area contributed by atoms with Crippen LogP contribution in [-0.2, 0) is 0 Å². The molecule has 0 atom stereocenters. The van der Waals surface area contributed by atoms with Gasteiger partial charge >= 0.3 is 0 Å². The van der Waals surface area contributed by atoms with Gasteiger partial charge in [0.05, 0.1) is 11.3 Å². The van der Waals surface area contributed by atoms with Gasteiger partial charge in [-0.3, -0.25) is 4.79 Å². The molecule has 0 aliphatic heterocycles. The Hall–Kier alpha value is -1.95. The summed E-state index contributed by atoms with van der Waals surface area (Å²) in [7, 11) is 0. The van der Waals surface area contributed by atoms with Crippen molar-refractivity contribution < 1.29 is 9.18 Å². The van der Waals surface area contributed by atoms with Crippen LogP contribution < -0.4 is 10.6 Å². The first kappa shape index (κ1) is 13.5. The highest BCUT2D eigenvalue weighted by molar-refractivity contribution is 7.08. The zero-order chi connectivity index (χ0) is 13.7. The normalized spacial score (nSPS) is 10.2. The molecule has 0 saturated carbocycles. The van der Waals surface area contributed by atoms with Crippen molar-refractivity contribution in [3.63, 3.8) is 0 Å². The van der Waals surface area contributed by atoms with Crippen LogP contribution >= 0.6 is 11.3 Å². The fraction of sp³-hybridized carbons (Fsp3) is 0.231. The largest absolute Gasteiger partial charge is 0.368 e. The molecule has 0 aliphatic carbocycles. The number of hydrogen-bond acceptors (Lipinski definition) is 4. The molecule has 4 nitrogen and oxygen atoms in total. The lowest BCUT2D eigenvalue weighted by Gasteiger charge is -2.08. The molecular formula is C13H14FN3OS. The van der Waals surface area contributed by atoms with Gasteiger partial charge in [0, 0.05) is 18.1 Å². The number of thiophene rings is 1. The molecule has 0 unspecified atom stereocenters. The van der Waals surface area contributed by atoms with Crippen LogP contribution in [0.2, 0.25) is 0 Å². The number of pyridine rings is 1. The molecule has 0 saturated heterocycles. The Kier molecular flexibility index (Phi) is 4.46. The monoisotopic (exact) mass is 279 g/mol. The van der Waals surface area contributed by atoms with Crippen molar-refractivity contribution in [1.29, 1.82) is 0 Å². The topological polar surface area (TPSA) is 54.0 Å². The second-order valence-corrected chi connectivity index (χ2v) is 4.69. The van der Waals surface area contributed by atoms with E-state index in [4.69, 9.17) is 0 Å². The standard InChI is InChI=1S/C13H14FN3OS/c1-2-5-15-12-11(14)10(3-6-16-12)13(18)17-9-4-7-19-8-9/h3-4,6-8H,2,5H2,1H3,(H,15,16)(H,17,18). The van der Waals surface area contributed by atoms with Gasteiger partial charge in [-0.2, -0.15) is 11.3 Å². The van der Waals surface area contributed by atoms with Crippen molar-refractivity contribution in [2.24, 2.45) is 0 Å². The average Bonchev–Trinajstić information content (AvgIpc) is 2.90. The van der Waals surface area contributed by atoms with E-state index in [0.29, 0.717) is 12.2 Å². The third-order valence-electron chi connectivity index (χ3n) is 2.46. The summed E-state index contributed by atoms with van der Waals surface area (Å²) in [6.07, 6.45) is 2.27. The molecule has 0 fully saturated rings. The van der Waals surface area contributed by atoms with Crippen LogP contribution in [0.3, 0.4) is 0 Å². The number of aromatic nitrogens is 1. The summed E-state index contributed by atoms with van der Waals surface area (Å²) in [4.78, 5) is 15.8. The van der Waals surface area contributed by atoms with E-state index in [0.717, 1.165) is 6.42 Å². The van der Waals surface area contributed by atoms with Gasteiger partial charge < -0.3 is 10.6 Å². The Morgan fingerprint density at radius 3 is 3.00 bits per heavy atom. The number of nitrogens with zero attached hydrogens (tertiary/aromatic N) is 1. The second kappa shape index (κ2) is 6.29. The molecule has 100 valence electrons. The molecule has 0 bridgehead atoms. The van der Waals surface area contributed by atoms with Crippen molar-refractivity contribution >= 4 is 28.7 Å². The minimum absolute atomic E-state index is 0.0141. The zero-order valence-electron chi connectivity index (χ0n) is 10.4. The minimum atomic E-state index is -0.622. The predicted octanol–water partition coefficient (Wildman–Crippen LogP) is 3.36. The van der Waals surface area contributed by atoms with Crippen molar-refractivity contribution in [2.45, 2.75) is 13.3 Å². The van der Waals surface area contributed by atoms with Crippen LogP contribution in [-0.4, -0.2) is 17.4 Å². The Bertz CT molecular complexity index is 557. The number of nitrogens with one attached hydrogen (secondary N) is 2. The molecule has 0 spiro atoms. The summed E-state index contributed by atoms with van der Waals surface area (Å²) in [5.74, 6) is -0.985. The quantitative estimate of drug-likeness (QED) is 0.882. The number of carbonyl (C=O) groups is 1. The van der Waals surface area contributed by atoms with Gasteiger partial charge in [0.25, 0.3) is 5.91 Å². The molecule has 0 aliphatic rings. The number of anilines is 2. The highest BCUT2D eigenvalue weighted by atomic mass is 32.1. The third kappa shape index (κ3) is 3.29. The van der Waals surface area contributed by atoms with Gasteiger partial charge in [0.15, 0.2) is 11.6 Å². The lowest BCUT2D eigenvalue weighted by atomic mass is 10.2. The molecule has 0 aromatic carbocycles. The molecule has 1 amide bonds. The average molecular weight is 279 g/mol. The maximum atomic E-state index is 14.1. The maximum absolute atomic E-state index is 14.1. The number of hydrogen-bond donors (Lipinski definition) is 2. The number of carbonyl (C=O) groups excluding carboxylic acids is 1. The third-order valence-corrected chi connectivity index (χ3v) is 3.14. The molecule has 6 heteroatoms. The molecule has 2 heterocycles. The van der Waals surface area contributed by atoms with E-state index < -0.39 is 11.7 Å². The van der Waals surface area contributed by atoms with Crippen molar-refractivity contribution in [3.05, 3.63) is 40.5 Å². The maximum Gasteiger partial charge on any atom is 0.258 e. The first-order chi connectivity index (χ1) is 9.22. The summed E-state index contributed by atoms with van der Waals surface area (Å²) in [6.45, 7) is 2.58. The Balaban J connectivity index is 2.17. The molecular weight excluding hydrogens is 265 g/mol. The lowest BCUT2D eigenvalue weighted by Crippen LogP contribution is -2.15. The fourth-order valence-corrected chi connectivity index (χ4v) is 2.11. The molecule has 19 heavy (non-hydrogen) atoms. The van der Waals surface area contributed by atoms with Crippen LogP contribution in [0.5, 0.6) is 0 Å². The van der Waals surface area contributed by atoms with Crippen molar-refractivity contribution in [1.82, 2.24) is 4.98 Å². The van der Waals surface area contributed by atoms with Gasteiger partial charge in [-0.25, -0.2) is 9.37 Å². The van der Waals surface area contributed by atoms with Crippen LogP contribution in [0.15, 0.2) is 29.1 Å². The first-order valence-electron chi connectivity index (χ1n) is 5.94. The van der Waals surface area contributed by atoms with Crippen molar-refractivity contribution in [3.8, 4) is 0 Å². The summed E-state index contributed by atoms with van der Waals surface area (Å²) < 4.78 is 14.1. The van der Waals surface area contributed by atoms with Crippen LogP contribution in [0.1, 0.15) is 23.7 Å². The lowest BCUT2D eigenvalue weighted by molar-refractivity contribution is 0.102. The number of rotatable bonds is 5. The summed E-state index contributed by atoms with van der Waals surface area (Å²) in [5, 5.41) is 9.12. The van der Waals surface area contributed by atoms with Gasteiger partial charge in [0.2, 0.25) is 0 Å². The fourth-order valence-electron chi connectivity index (χ4n) is 1.52. The van der Waals surface area contributed by atoms with Gasteiger partial charge in [-0.05, 0) is 23.9 Å².